The molecule has 1 aliphatic rings. The van der Waals surface area contributed by atoms with Gasteiger partial charge in [-0.1, -0.05) is 6.92 Å². The lowest BCUT2D eigenvalue weighted by molar-refractivity contribution is -0.393. The van der Waals surface area contributed by atoms with Crippen molar-refractivity contribution in [1.29, 1.82) is 0 Å². The molecular formula is C13H16N4O4. The lowest BCUT2D eigenvalue weighted by Crippen LogP contribution is -2.14. The van der Waals surface area contributed by atoms with Crippen LogP contribution < -0.4 is 5.43 Å². The van der Waals surface area contributed by atoms with Crippen LogP contribution in [0.5, 0.6) is 0 Å². The summed E-state index contributed by atoms with van der Waals surface area (Å²) in [5, 5.41) is 25.9. The molecule has 1 atom stereocenters. The standard InChI is InChI=1S/C13H16N4O4/c1-9-3-2-4-10(7-9)14-15-12-6-5-11(16(18)19)8-13(12)17(20)21/h5-6,8-9,15H,2-4,7H2,1H3/b14-10-. The van der Waals surface area contributed by atoms with Gasteiger partial charge in [-0.3, -0.25) is 25.7 Å². The van der Waals surface area contributed by atoms with E-state index in [0.717, 1.165) is 37.5 Å². The summed E-state index contributed by atoms with van der Waals surface area (Å²) in [5.41, 5.74) is 3.15. The van der Waals surface area contributed by atoms with Crippen LogP contribution in [-0.4, -0.2) is 15.6 Å². The van der Waals surface area contributed by atoms with Crippen molar-refractivity contribution in [3.8, 4) is 0 Å². The van der Waals surface area contributed by atoms with E-state index in [4.69, 9.17) is 0 Å². The molecule has 0 saturated heterocycles. The zero-order valence-electron chi connectivity index (χ0n) is 11.6. The second-order valence-electron chi connectivity index (χ2n) is 5.21. The van der Waals surface area contributed by atoms with Gasteiger partial charge in [0.15, 0.2) is 0 Å². The number of nitrogens with zero attached hydrogens (tertiary/aromatic N) is 3. The van der Waals surface area contributed by atoms with Crippen molar-refractivity contribution in [3.05, 3.63) is 38.4 Å². The summed E-state index contributed by atoms with van der Waals surface area (Å²) < 4.78 is 0. The molecule has 1 aliphatic carbocycles. The van der Waals surface area contributed by atoms with Crippen LogP contribution in [0.25, 0.3) is 0 Å². The number of hydrogen-bond donors (Lipinski definition) is 1. The number of hydrogen-bond acceptors (Lipinski definition) is 6. The third-order valence-corrected chi connectivity index (χ3v) is 3.47. The molecule has 8 heteroatoms. The summed E-state index contributed by atoms with van der Waals surface area (Å²) in [7, 11) is 0. The highest BCUT2D eigenvalue weighted by atomic mass is 16.6. The predicted molar refractivity (Wildman–Crippen MR) is 78.4 cm³/mol. The Bertz CT molecular complexity index is 600. The summed E-state index contributed by atoms with van der Waals surface area (Å²) in [6.07, 6.45) is 3.96. The highest BCUT2D eigenvalue weighted by Gasteiger charge is 2.20. The van der Waals surface area contributed by atoms with Crippen LogP contribution in [0.4, 0.5) is 17.1 Å². The molecule has 8 nitrogen and oxygen atoms in total. The predicted octanol–water partition coefficient (Wildman–Crippen LogP) is 3.48. The minimum Gasteiger partial charge on any atom is -0.272 e. The molecule has 2 rings (SSSR count). The van der Waals surface area contributed by atoms with Crippen molar-refractivity contribution in [2.75, 3.05) is 5.43 Å². The van der Waals surface area contributed by atoms with Gasteiger partial charge in [0.05, 0.1) is 15.9 Å². The zero-order valence-corrected chi connectivity index (χ0v) is 11.6. The van der Waals surface area contributed by atoms with E-state index in [0.29, 0.717) is 5.92 Å². The molecule has 0 spiro atoms. The van der Waals surface area contributed by atoms with Crippen molar-refractivity contribution in [3.63, 3.8) is 0 Å². The molecule has 1 saturated carbocycles. The van der Waals surface area contributed by atoms with E-state index >= 15 is 0 Å². The van der Waals surface area contributed by atoms with Gasteiger partial charge in [-0.2, -0.15) is 5.10 Å². The van der Waals surface area contributed by atoms with Gasteiger partial charge in [0.25, 0.3) is 5.69 Å². The van der Waals surface area contributed by atoms with E-state index in [1.54, 1.807) is 0 Å². The van der Waals surface area contributed by atoms with Crippen molar-refractivity contribution >= 4 is 22.8 Å². The number of nitro groups is 2. The number of non-ortho nitro benzene ring substituents is 1. The minimum atomic E-state index is -0.661. The van der Waals surface area contributed by atoms with Crippen LogP contribution in [-0.2, 0) is 0 Å². The van der Waals surface area contributed by atoms with Gasteiger partial charge in [0.2, 0.25) is 0 Å². The maximum atomic E-state index is 11.0. The van der Waals surface area contributed by atoms with Crippen molar-refractivity contribution in [2.45, 2.75) is 32.6 Å². The lowest BCUT2D eigenvalue weighted by Gasteiger charge is -2.19. The topological polar surface area (TPSA) is 111 Å². The quantitative estimate of drug-likeness (QED) is 0.674. The van der Waals surface area contributed by atoms with Gasteiger partial charge in [0.1, 0.15) is 5.69 Å². The van der Waals surface area contributed by atoms with Crippen molar-refractivity contribution in [1.82, 2.24) is 0 Å². The monoisotopic (exact) mass is 292 g/mol. The summed E-state index contributed by atoms with van der Waals surface area (Å²) in [5.74, 6) is 0.561. The van der Waals surface area contributed by atoms with Crippen LogP contribution in [0.3, 0.4) is 0 Å². The molecule has 1 unspecified atom stereocenters. The SMILES string of the molecule is CC1CCC/C(=N/Nc2ccc([N+](=O)[O-])cc2[N+](=O)[O-])C1. The fraction of sp³-hybridized carbons (Fsp3) is 0.462. The number of benzene rings is 1. The van der Waals surface area contributed by atoms with Gasteiger partial charge in [-0.05, 0) is 37.7 Å². The second kappa shape index (κ2) is 6.29. The fourth-order valence-electron chi connectivity index (χ4n) is 2.38. The summed E-state index contributed by atoms with van der Waals surface area (Å²) >= 11 is 0. The average Bonchev–Trinajstić information content (AvgIpc) is 2.44. The van der Waals surface area contributed by atoms with Gasteiger partial charge < -0.3 is 0 Å². The summed E-state index contributed by atoms with van der Waals surface area (Å²) in [6, 6.07) is 3.47. The van der Waals surface area contributed by atoms with E-state index in [1.165, 1.54) is 12.1 Å². The molecule has 0 aromatic heterocycles. The zero-order chi connectivity index (χ0) is 15.4. The third kappa shape index (κ3) is 3.74. The van der Waals surface area contributed by atoms with Gasteiger partial charge in [-0.25, -0.2) is 0 Å². The third-order valence-electron chi connectivity index (χ3n) is 3.47. The molecule has 0 radical (unpaired) electrons. The number of hydrazone groups is 1. The first kappa shape index (κ1) is 14.9. The first-order chi connectivity index (χ1) is 9.97. The number of nitrogens with one attached hydrogen (secondary N) is 1. The summed E-state index contributed by atoms with van der Waals surface area (Å²) in [4.78, 5) is 20.3. The Morgan fingerprint density at radius 3 is 2.67 bits per heavy atom. The number of rotatable bonds is 4. The Labute approximate surface area is 121 Å². The molecule has 0 aliphatic heterocycles. The van der Waals surface area contributed by atoms with Crippen LogP contribution in [0, 0.1) is 26.1 Å². The first-order valence-corrected chi connectivity index (χ1v) is 6.71. The number of nitro benzene ring substituents is 2. The van der Waals surface area contributed by atoms with Crippen LogP contribution >= 0.6 is 0 Å². The van der Waals surface area contributed by atoms with E-state index in [1.807, 2.05) is 0 Å². The molecule has 1 fully saturated rings. The van der Waals surface area contributed by atoms with Gasteiger partial charge in [0, 0.05) is 11.8 Å². The maximum absolute atomic E-state index is 11.0. The fourth-order valence-corrected chi connectivity index (χ4v) is 2.38. The molecule has 0 bridgehead atoms. The Kier molecular flexibility index (Phi) is 4.46. The normalized spacial score (nSPS) is 20.2. The van der Waals surface area contributed by atoms with E-state index in [9.17, 15) is 20.2 Å². The van der Waals surface area contributed by atoms with Crippen LogP contribution in [0.2, 0.25) is 0 Å². The van der Waals surface area contributed by atoms with Crippen LogP contribution in [0.15, 0.2) is 23.3 Å². The Hall–Kier alpha value is -2.51. The molecule has 0 amide bonds. The molecule has 1 N–H and O–H groups in total. The van der Waals surface area contributed by atoms with E-state index < -0.39 is 9.85 Å². The second-order valence-corrected chi connectivity index (χ2v) is 5.21. The maximum Gasteiger partial charge on any atom is 0.301 e. The highest BCUT2D eigenvalue weighted by Crippen LogP contribution is 2.29. The Balaban J connectivity index is 2.21. The van der Waals surface area contributed by atoms with Crippen molar-refractivity contribution in [2.24, 2.45) is 11.0 Å². The molecule has 112 valence electrons. The first-order valence-electron chi connectivity index (χ1n) is 6.71. The lowest BCUT2D eigenvalue weighted by atomic mass is 9.89. The van der Waals surface area contributed by atoms with Gasteiger partial charge in [-0.15, -0.1) is 0 Å². The molecule has 21 heavy (non-hydrogen) atoms. The molecule has 1 aromatic rings. The largest absolute Gasteiger partial charge is 0.301 e. The number of anilines is 1. The van der Waals surface area contributed by atoms with E-state index in [-0.39, 0.29) is 17.1 Å². The van der Waals surface area contributed by atoms with E-state index in [2.05, 4.69) is 17.5 Å². The smallest absolute Gasteiger partial charge is 0.272 e. The molecular weight excluding hydrogens is 276 g/mol. The minimum absolute atomic E-state index is 0.163. The summed E-state index contributed by atoms with van der Waals surface area (Å²) in [6.45, 7) is 2.14. The van der Waals surface area contributed by atoms with Crippen LogP contribution in [0.1, 0.15) is 32.6 Å². The molecule has 0 heterocycles. The highest BCUT2D eigenvalue weighted by molar-refractivity contribution is 5.86. The van der Waals surface area contributed by atoms with Gasteiger partial charge >= 0.3 is 5.69 Å². The average molecular weight is 292 g/mol. The molecule has 1 aromatic carbocycles. The Morgan fingerprint density at radius 2 is 2.05 bits per heavy atom. The van der Waals surface area contributed by atoms with Crippen molar-refractivity contribution < 1.29 is 9.85 Å². The Morgan fingerprint density at radius 1 is 1.29 bits per heavy atom.